The maximum atomic E-state index is 13.1. The van der Waals surface area contributed by atoms with Gasteiger partial charge >= 0.3 is 0 Å². The van der Waals surface area contributed by atoms with Crippen LogP contribution >= 0.6 is 0 Å². The third-order valence-corrected chi connectivity index (χ3v) is 5.50. The molecule has 1 N–H and O–H groups in total. The van der Waals surface area contributed by atoms with Crippen molar-refractivity contribution in [3.63, 3.8) is 0 Å². The number of amides is 1. The van der Waals surface area contributed by atoms with Gasteiger partial charge in [0.25, 0.3) is 11.7 Å². The Bertz CT molecular complexity index is 1200. The molecule has 0 aliphatic carbocycles. The van der Waals surface area contributed by atoms with Crippen LogP contribution in [0.5, 0.6) is 5.75 Å². The monoisotopic (exact) mass is 445 g/mol. The quantitative estimate of drug-likeness (QED) is 0.305. The van der Waals surface area contributed by atoms with Gasteiger partial charge in [0.05, 0.1) is 12.2 Å². The number of hydrogen-bond donors (Lipinski definition) is 1. The summed E-state index contributed by atoms with van der Waals surface area (Å²) in [7, 11) is 0. The van der Waals surface area contributed by atoms with Crippen molar-refractivity contribution in [3.05, 3.63) is 88.9 Å². The van der Waals surface area contributed by atoms with Crippen LogP contribution in [0.15, 0.2) is 70.7 Å². The lowest BCUT2D eigenvalue weighted by molar-refractivity contribution is -0.132. The molecule has 0 saturated carbocycles. The van der Waals surface area contributed by atoms with Gasteiger partial charge in [-0.1, -0.05) is 31.5 Å². The third-order valence-electron chi connectivity index (χ3n) is 5.50. The van der Waals surface area contributed by atoms with E-state index in [2.05, 4.69) is 13.8 Å². The van der Waals surface area contributed by atoms with E-state index in [9.17, 15) is 14.7 Å². The Morgan fingerprint density at radius 3 is 2.24 bits per heavy atom. The summed E-state index contributed by atoms with van der Waals surface area (Å²) in [6.45, 7) is 8.43. The summed E-state index contributed by atoms with van der Waals surface area (Å²) in [5, 5.41) is 11.2. The molecule has 1 aliphatic rings. The predicted octanol–water partition coefficient (Wildman–Crippen LogP) is 5.56. The van der Waals surface area contributed by atoms with Crippen LogP contribution in [0.2, 0.25) is 0 Å². The molecule has 6 heteroatoms. The fourth-order valence-electron chi connectivity index (χ4n) is 3.80. The zero-order chi connectivity index (χ0) is 23.7. The number of furan rings is 1. The minimum Gasteiger partial charge on any atom is -0.507 e. The average molecular weight is 446 g/mol. The van der Waals surface area contributed by atoms with Crippen molar-refractivity contribution in [2.75, 3.05) is 11.5 Å². The molecule has 1 amide bonds. The van der Waals surface area contributed by atoms with Crippen LogP contribution in [0.3, 0.4) is 0 Å². The number of hydrogen-bond acceptors (Lipinski definition) is 5. The van der Waals surface area contributed by atoms with Crippen LogP contribution in [0.1, 0.15) is 42.5 Å². The van der Waals surface area contributed by atoms with E-state index in [1.807, 2.05) is 19.1 Å². The molecule has 170 valence electrons. The number of benzene rings is 2. The van der Waals surface area contributed by atoms with E-state index in [-0.39, 0.29) is 11.3 Å². The molecular weight excluding hydrogens is 418 g/mol. The fraction of sp³-hybridized carbons (Fsp3) is 0.259. The van der Waals surface area contributed by atoms with Crippen molar-refractivity contribution in [1.29, 1.82) is 0 Å². The minimum absolute atomic E-state index is 0.00854. The maximum absolute atomic E-state index is 13.1. The number of carbonyl (C=O) groups excluding carboxylic acids is 2. The summed E-state index contributed by atoms with van der Waals surface area (Å²) in [6.07, 6.45) is 0. The number of aryl methyl sites for hydroxylation is 2. The van der Waals surface area contributed by atoms with Gasteiger partial charge in [0.15, 0.2) is 0 Å². The van der Waals surface area contributed by atoms with Gasteiger partial charge in [-0.15, -0.1) is 0 Å². The molecule has 1 unspecified atom stereocenters. The highest BCUT2D eigenvalue weighted by atomic mass is 16.5. The summed E-state index contributed by atoms with van der Waals surface area (Å²) in [6, 6.07) is 16.7. The van der Waals surface area contributed by atoms with Gasteiger partial charge in [-0.2, -0.15) is 0 Å². The van der Waals surface area contributed by atoms with Crippen molar-refractivity contribution >= 4 is 23.1 Å². The summed E-state index contributed by atoms with van der Waals surface area (Å²) in [5.74, 6) is 0.379. The molecular formula is C27H27NO5. The van der Waals surface area contributed by atoms with Crippen LogP contribution in [-0.2, 0) is 9.59 Å². The fourth-order valence-corrected chi connectivity index (χ4v) is 3.80. The van der Waals surface area contributed by atoms with Crippen LogP contribution in [0, 0.1) is 19.8 Å². The van der Waals surface area contributed by atoms with Gasteiger partial charge in [0.2, 0.25) is 0 Å². The van der Waals surface area contributed by atoms with Gasteiger partial charge < -0.3 is 14.3 Å². The van der Waals surface area contributed by atoms with E-state index >= 15 is 0 Å². The molecule has 3 aromatic rings. The zero-order valence-corrected chi connectivity index (χ0v) is 19.2. The summed E-state index contributed by atoms with van der Waals surface area (Å²) < 4.78 is 11.5. The van der Waals surface area contributed by atoms with E-state index in [1.54, 1.807) is 55.5 Å². The first-order chi connectivity index (χ1) is 15.8. The van der Waals surface area contributed by atoms with Gasteiger partial charge in [-0.25, -0.2) is 0 Å². The van der Waals surface area contributed by atoms with Gasteiger partial charge in [0.1, 0.15) is 29.1 Å². The molecule has 2 aromatic carbocycles. The van der Waals surface area contributed by atoms with Crippen LogP contribution in [-0.4, -0.2) is 23.4 Å². The van der Waals surface area contributed by atoms with E-state index in [0.717, 1.165) is 5.56 Å². The number of ether oxygens (including phenoxy) is 1. The number of carbonyl (C=O) groups is 2. The van der Waals surface area contributed by atoms with E-state index < -0.39 is 17.7 Å². The molecule has 0 bridgehead atoms. The number of ketones is 1. The van der Waals surface area contributed by atoms with E-state index in [4.69, 9.17) is 9.15 Å². The molecule has 0 radical (unpaired) electrons. The van der Waals surface area contributed by atoms with E-state index in [0.29, 0.717) is 41.0 Å². The zero-order valence-electron chi connectivity index (χ0n) is 19.2. The highest BCUT2D eigenvalue weighted by Crippen LogP contribution is 2.42. The smallest absolute Gasteiger partial charge is 0.300 e. The lowest BCUT2D eigenvalue weighted by Gasteiger charge is -2.23. The molecule has 1 fully saturated rings. The number of aliphatic hydroxyl groups excluding tert-OH is 1. The first-order valence-corrected chi connectivity index (χ1v) is 10.9. The number of Topliss-reactive ketones (excluding diaryl/α,β-unsaturated/α-hetero) is 1. The maximum Gasteiger partial charge on any atom is 0.300 e. The van der Waals surface area contributed by atoms with Gasteiger partial charge in [-0.3, -0.25) is 14.5 Å². The Balaban J connectivity index is 1.79. The Labute approximate surface area is 193 Å². The molecule has 1 saturated heterocycles. The molecule has 0 spiro atoms. The number of rotatable bonds is 6. The van der Waals surface area contributed by atoms with Crippen molar-refractivity contribution in [2.24, 2.45) is 5.92 Å². The van der Waals surface area contributed by atoms with Crippen molar-refractivity contribution in [1.82, 2.24) is 0 Å². The van der Waals surface area contributed by atoms with Gasteiger partial charge in [0, 0.05) is 11.3 Å². The van der Waals surface area contributed by atoms with Crippen LogP contribution in [0.4, 0.5) is 5.69 Å². The number of anilines is 1. The number of aliphatic hydroxyl groups is 1. The number of nitrogens with zero attached hydrogens (tertiary/aromatic N) is 1. The first-order valence-electron chi connectivity index (χ1n) is 10.9. The second-order valence-corrected chi connectivity index (χ2v) is 8.68. The topological polar surface area (TPSA) is 80.0 Å². The second-order valence-electron chi connectivity index (χ2n) is 8.68. The van der Waals surface area contributed by atoms with Crippen LogP contribution < -0.4 is 9.64 Å². The lowest BCUT2D eigenvalue weighted by atomic mass is 9.99. The molecule has 33 heavy (non-hydrogen) atoms. The molecule has 1 aromatic heterocycles. The van der Waals surface area contributed by atoms with Crippen LogP contribution in [0.25, 0.3) is 5.76 Å². The molecule has 2 heterocycles. The summed E-state index contributed by atoms with van der Waals surface area (Å²) in [4.78, 5) is 27.6. The molecule has 1 aliphatic heterocycles. The SMILES string of the molecule is Cc1ccc(N2C(=O)C(=O)/C(=C(\O)c3ccc(OCC(C)C)cc3)C2c2ccc(C)o2)cc1. The van der Waals surface area contributed by atoms with Gasteiger partial charge in [-0.05, 0) is 68.3 Å². The second kappa shape index (κ2) is 8.98. The third kappa shape index (κ3) is 4.42. The normalized spacial score (nSPS) is 17.7. The predicted molar refractivity (Wildman–Crippen MR) is 126 cm³/mol. The Morgan fingerprint density at radius 1 is 1.00 bits per heavy atom. The highest BCUT2D eigenvalue weighted by Gasteiger charge is 2.48. The summed E-state index contributed by atoms with van der Waals surface area (Å²) in [5.41, 5.74) is 1.99. The molecule has 4 rings (SSSR count). The minimum atomic E-state index is -0.877. The summed E-state index contributed by atoms with van der Waals surface area (Å²) >= 11 is 0. The van der Waals surface area contributed by atoms with Crippen molar-refractivity contribution in [3.8, 4) is 5.75 Å². The standard InChI is InChI=1S/C27H27NO5/c1-16(2)15-32-21-12-8-19(9-13-21)25(29)23-24(22-14-7-18(4)33-22)28(27(31)26(23)30)20-10-5-17(3)6-11-20/h5-14,16,24,29H,15H2,1-4H3/b25-23-. The molecule has 1 atom stereocenters. The molecule has 6 nitrogen and oxygen atoms in total. The average Bonchev–Trinajstić information content (AvgIpc) is 3.34. The first kappa shape index (κ1) is 22.4. The largest absolute Gasteiger partial charge is 0.507 e. The van der Waals surface area contributed by atoms with E-state index in [1.165, 1.54) is 4.90 Å². The van der Waals surface area contributed by atoms with Crippen molar-refractivity contribution < 1.29 is 23.8 Å². The highest BCUT2D eigenvalue weighted by molar-refractivity contribution is 6.51. The van der Waals surface area contributed by atoms with Crippen molar-refractivity contribution in [2.45, 2.75) is 33.7 Å². The lowest BCUT2D eigenvalue weighted by Crippen LogP contribution is -2.29. The Morgan fingerprint density at radius 2 is 1.67 bits per heavy atom. The Kier molecular flexibility index (Phi) is 6.09. The Hall–Kier alpha value is -3.80.